The fraction of sp³-hybridized carbons (Fsp3) is 0.896. The van der Waals surface area contributed by atoms with Crippen molar-refractivity contribution < 1.29 is 99.6 Å². The first-order valence-electron chi connectivity index (χ1n) is 24.3. The lowest BCUT2D eigenvalue weighted by atomic mass is 9.35. The Kier molecular flexibility index (Phi) is 14.4. The van der Waals surface area contributed by atoms with Gasteiger partial charge in [-0.05, 0) is 93.5 Å². The topological polar surface area (TPSA) is 335 Å². The van der Waals surface area contributed by atoms with E-state index in [0.717, 1.165) is 11.1 Å². The second-order valence-electron chi connectivity index (χ2n) is 22.8. The second kappa shape index (κ2) is 18.6. The number of ether oxygens (including phenoxy) is 6. The third-order valence-corrected chi connectivity index (χ3v) is 19.3. The van der Waals surface area contributed by atoms with Gasteiger partial charge in [-0.3, -0.25) is 4.79 Å². The number of hydrogen-bond donors (Lipinski definition) is 13. The highest BCUT2D eigenvalue weighted by Crippen LogP contribution is 2.74. The summed E-state index contributed by atoms with van der Waals surface area (Å²) in [7, 11) is 0. The van der Waals surface area contributed by atoms with Gasteiger partial charge >= 0.3 is 5.97 Å². The number of carboxylic acids is 1. The fourth-order valence-electron chi connectivity index (χ4n) is 14.5. The highest BCUT2D eigenvalue weighted by Gasteiger charge is 2.69. The first kappa shape index (κ1) is 52.5. The van der Waals surface area contributed by atoms with Gasteiger partial charge in [-0.2, -0.15) is 0 Å². The van der Waals surface area contributed by atoms with Gasteiger partial charge in [0.1, 0.15) is 67.1 Å². The Morgan fingerprint density at radius 1 is 0.676 bits per heavy atom. The van der Waals surface area contributed by atoms with Crippen molar-refractivity contribution in [3.8, 4) is 0 Å². The largest absolute Gasteiger partial charge is 0.481 e. The van der Waals surface area contributed by atoms with Crippen LogP contribution in [0, 0.1) is 44.3 Å². The SMILES string of the molecule is C[C@H]1O[C@@H](O[C@H]2CC[C@@]3(C)[C@@H](CC[C@]4(C)[C@@H]3C=CC3=C5C[C@@](C)(C(=O)O)CC[C@]5(CO)[C@H](O)C[C@]34C)[C@]2(C)CO)[C@H](O)[C@@H](O[C@@H]2O[C@H](CO)[C@@H](O)[C@H](O)[C@H]2O[C@@H]2O[C@H](CO)[C@@H](O)[C@H](O)[C@H]2O)[C@H]1O. The van der Waals surface area contributed by atoms with Gasteiger partial charge in [-0.25, -0.2) is 0 Å². The van der Waals surface area contributed by atoms with Gasteiger partial charge < -0.3 is 94.8 Å². The van der Waals surface area contributed by atoms with E-state index in [1.807, 2.05) is 6.92 Å². The quantitative estimate of drug-likeness (QED) is 0.106. The number of allylic oxidation sites excluding steroid dienone is 3. The molecule has 0 unspecified atom stereocenters. The summed E-state index contributed by atoms with van der Waals surface area (Å²) in [6, 6.07) is 0. The zero-order chi connectivity index (χ0) is 49.8. The van der Waals surface area contributed by atoms with E-state index in [2.05, 4.69) is 32.9 Å². The maximum atomic E-state index is 12.6. The lowest BCUT2D eigenvalue weighted by molar-refractivity contribution is -0.391. The highest BCUT2D eigenvalue weighted by molar-refractivity contribution is 5.75. The minimum absolute atomic E-state index is 0.0482. The van der Waals surface area contributed by atoms with Crippen LogP contribution in [-0.2, 0) is 33.2 Å². The number of aliphatic hydroxyl groups excluding tert-OH is 12. The molecule has 3 heterocycles. The molecule has 3 aliphatic heterocycles. The standard InChI is InChI=1S/C48H76O20/c1-21-30(54)37(67-41-38(34(58)32(56)25(18-50)65-41)68-39-35(59)33(57)31(55)24(17-49)64-39)36(60)40(63-21)66-29-10-11-44(3)26(45(29,4)19-51)9-12-46(5)27(44)8-7-22-23-15-43(2,42(61)62)13-14-48(23,20-52)28(53)16-47(22,46)6/h7-8,21,24-41,49-60H,9-20H2,1-6H3,(H,61,62)/t21-,24-,25-,26-,27-,28-,29+,30+,31-,32-,33+,34+,35-,36-,37+,38-,39+,40+,41+,43+,44+,45+,46-,47-,48-/m1/s1. The zero-order valence-electron chi connectivity index (χ0n) is 39.8. The molecule has 6 fully saturated rings. The highest BCUT2D eigenvalue weighted by atomic mass is 16.8. The molecular weight excluding hydrogens is 897 g/mol. The molecule has 25 atom stereocenters. The van der Waals surface area contributed by atoms with Crippen molar-refractivity contribution in [3.05, 3.63) is 23.3 Å². The molecule has 8 aliphatic rings. The van der Waals surface area contributed by atoms with Crippen LogP contribution >= 0.6 is 0 Å². The van der Waals surface area contributed by atoms with Gasteiger partial charge in [0, 0.05) is 16.2 Å². The summed E-state index contributed by atoms with van der Waals surface area (Å²) in [5.41, 5.74) is -2.44. The number of fused-ring (bicyclic) bond motifs is 6. The maximum Gasteiger partial charge on any atom is 0.309 e. The second-order valence-corrected chi connectivity index (χ2v) is 22.8. The molecule has 0 radical (unpaired) electrons. The van der Waals surface area contributed by atoms with E-state index in [0.29, 0.717) is 44.9 Å². The van der Waals surface area contributed by atoms with Crippen LogP contribution in [-0.4, -0.2) is 203 Å². The smallest absolute Gasteiger partial charge is 0.309 e. The number of hydrogen-bond acceptors (Lipinski definition) is 19. The van der Waals surface area contributed by atoms with E-state index < -0.39 is 156 Å². The summed E-state index contributed by atoms with van der Waals surface area (Å²) in [6.45, 7) is 9.74. The van der Waals surface area contributed by atoms with Crippen molar-refractivity contribution >= 4 is 5.97 Å². The number of carbonyl (C=O) groups is 1. The van der Waals surface area contributed by atoms with Gasteiger partial charge in [-0.1, -0.05) is 45.4 Å². The van der Waals surface area contributed by atoms with Crippen LogP contribution in [0.25, 0.3) is 0 Å². The molecule has 3 saturated heterocycles. The summed E-state index contributed by atoms with van der Waals surface area (Å²) in [5, 5.41) is 141. The summed E-state index contributed by atoms with van der Waals surface area (Å²) in [5.74, 6) is -1.08. The normalized spacial score (nSPS) is 54.9. The van der Waals surface area contributed by atoms with Crippen molar-refractivity contribution in [2.24, 2.45) is 44.3 Å². The lowest BCUT2D eigenvalue weighted by Crippen LogP contribution is -2.67. The third-order valence-electron chi connectivity index (χ3n) is 19.3. The van der Waals surface area contributed by atoms with Crippen LogP contribution in [0.4, 0.5) is 0 Å². The summed E-state index contributed by atoms with van der Waals surface area (Å²) in [4.78, 5) is 12.6. The summed E-state index contributed by atoms with van der Waals surface area (Å²) in [6.07, 6.45) is -18.3. The van der Waals surface area contributed by atoms with Crippen molar-refractivity contribution in [3.63, 3.8) is 0 Å². The predicted octanol–water partition coefficient (Wildman–Crippen LogP) is -1.43. The molecule has 0 aromatic carbocycles. The number of aliphatic carboxylic acids is 1. The number of aliphatic hydroxyl groups is 12. The molecule has 0 bridgehead atoms. The van der Waals surface area contributed by atoms with Gasteiger partial charge in [0.15, 0.2) is 18.9 Å². The minimum atomic E-state index is -1.92. The van der Waals surface area contributed by atoms with Crippen LogP contribution in [0.3, 0.4) is 0 Å². The monoisotopic (exact) mass is 972 g/mol. The molecule has 20 heteroatoms. The Bertz CT molecular complexity index is 1920. The summed E-state index contributed by atoms with van der Waals surface area (Å²) >= 11 is 0. The van der Waals surface area contributed by atoms with Gasteiger partial charge in [0.25, 0.3) is 0 Å². The zero-order valence-corrected chi connectivity index (χ0v) is 39.8. The molecule has 388 valence electrons. The lowest BCUT2D eigenvalue weighted by Gasteiger charge is -2.70. The molecule has 0 amide bonds. The van der Waals surface area contributed by atoms with Gasteiger partial charge in [-0.15, -0.1) is 0 Å². The van der Waals surface area contributed by atoms with E-state index in [-0.39, 0.29) is 31.5 Å². The Morgan fingerprint density at radius 2 is 1.29 bits per heavy atom. The van der Waals surface area contributed by atoms with Crippen LogP contribution in [0.2, 0.25) is 0 Å². The molecule has 5 aliphatic carbocycles. The first-order valence-corrected chi connectivity index (χ1v) is 24.3. The van der Waals surface area contributed by atoms with E-state index in [1.165, 1.54) is 6.92 Å². The molecule has 20 nitrogen and oxygen atoms in total. The third kappa shape index (κ3) is 7.82. The Balaban J connectivity index is 1.04. The molecular formula is C48H76O20. The Morgan fingerprint density at radius 3 is 1.91 bits per heavy atom. The molecule has 13 N–H and O–H groups in total. The Labute approximate surface area is 396 Å². The van der Waals surface area contributed by atoms with Crippen LogP contribution < -0.4 is 0 Å². The van der Waals surface area contributed by atoms with Gasteiger partial charge in [0.05, 0.1) is 50.2 Å². The molecule has 0 spiro atoms. The van der Waals surface area contributed by atoms with Crippen LogP contribution in [0.5, 0.6) is 0 Å². The summed E-state index contributed by atoms with van der Waals surface area (Å²) < 4.78 is 36.0. The van der Waals surface area contributed by atoms with Gasteiger partial charge in [0.2, 0.25) is 0 Å². The fourth-order valence-corrected chi connectivity index (χ4v) is 14.5. The molecule has 0 aromatic heterocycles. The van der Waals surface area contributed by atoms with Crippen molar-refractivity contribution in [1.82, 2.24) is 0 Å². The number of rotatable bonds is 11. The van der Waals surface area contributed by atoms with Crippen molar-refractivity contribution in [2.75, 3.05) is 26.4 Å². The first-order chi connectivity index (χ1) is 31.9. The van der Waals surface area contributed by atoms with Crippen LogP contribution in [0.15, 0.2) is 23.3 Å². The molecule has 8 rings (SSSR count). The minimum Gasteiger partial charge on any atom is -0.481 e. The van der Waals surface area contributed by atoms with E-state index in [9.17, 15) is 71.2 Å². The average molecular weight is 973 g/mol. The van der Waals surface area contributed by atoms with Crippen molar-refractivity contribution in [1.29, 1.82) is 0 Å². The Hall–Kier alpha value is -1.77. The van der Waals surface area contributed by atoms with E-state index in [1.54, 1.807) is 6.92 Å². The predicted molar refractivity (Wildman–Crippen MR) is 233 cm³/mol. The van der Waals surface area contributed by atoms with Crippen LogP contribution in [0.1, 0.15) is 92.9 Å². The molecule has 68 heavy (non-hydrogen) atoms. The number of carboxylic acid groups (broad SMARTS) is 1. The molecule has 0 aromatic rings. The average Bonchev–Trinajstić information content (AvgIpc) is 3.30. The van der Waals surface area contributed by atoms with E-state index >= 15 is 0 Å². The van der Waals surface area contributed by atoms with Crippen molar-refractivity contribution in [2.45, 2.75) is 197 Å². The van der Waals surface area contributed by atoms with E-state index in [4.69, 9.17) is 28.4 Å². The maximum absolute atomic E-state index is 12.6. The molecule has 3 saturated carbocycles.